The van der Waals surface area contributed by atoms with E-state index in [0.717, 1.165) is 12.8 Å². The fourth-order valence-electron chi connectivity index (χ4n) is 2.22. The maximum absolute atomic E-state index is 12.2. The molecule has 1 aromatic carbocycles. The molecule has 7 heteroatoms. The second-order valence-electron chi connectivity index (χ2n) is 5.83. The lowest BCUT2D eigenvalue weighted by molar-refractivity contribution is -0.385. The molecule has 1 aliphatic rings. The van der Waals surface area contributed by atoms with Crippen molar-refractivity contribution in [1.82, 2.24) is 5.32 Å². The molecule has 0 spiro atoms. The van der Waals surface area contributed by atoms with E-state index in [9.17, 15) is 14.9 Å². The van der Waals surface area contributed by atoms with Crippen molar-refractivity contribution < 1.29 is 19.2 Å². The maximum atomic E-state index is 12.2. The smallest absolute Gasteiger partial charge is 0.270 e. The SMILES string of the molecule is COc1ccc([N+](=O)[O-])cc1[C@H](C)NC(=O)[C@H](C)OCC1CC1. The van der Waals surface area contributed by atoms with Crippen molar-refractivity contribution in [2.45, 2.75) is 38.8 Å². The van der Waals surface area contributed by atoms with Gasteiger partial charge in [0.15, 0.2) is 0 Å². The lowest BCUT2D eigenvalue weighted by atomic mass is 10.1. The van der Waals surface area contributed by atoms with Crippen LogP contribution < -0.4 is 10.1 Å². The van der Waals surface area contributed by atoms with E-state index in [1.807, 2.05) is 0 Å². The Labute approximate surface area is 135 Å². The van der Waals surface area contributed by atoms with Crippen LogP contribution in [-0.4, -0.2) is 30.7 Å². The number of carbonyl (C=O) groups is 1. The van der Waals surface area contributed by atoms with Crippen molar-refractivity contribution in [2.24, 2.45) is 5.92 Å². The number of amides is 1. The summed E-state index contributed by atoms with van der Waals surface area (Å²) >= 11 is 0. The molecular weight excluding hydrogens is 300 g/mol. The van der Waals surface area contributed by atoms with E-state index in [-0.39, 0.29) is 11.6 Å². The zero-order valence-electron chi connectivity index (χ0n) is 13.6. The van der Waals surface area contributed by atoms with Crippen LogP contribution in [0.2, 0.25) is 0 Å². The molecule has 1 N–H and O–H groups in total. The van der Waals surface area contributed by atoms with Crippen LogP contribution in [0.3, 0.4) is 0 Å². The van der Waals surface area contributed by atoms with Gasteiger partial charge in [-0.05, 0) is 38.7 Å². The molecule has 1 aromatic rings. The Bertz CT molecular complexity index is 586. The molecule has 2 atom stereocenters. The summed E-state index contributed by atoms with van der Waals surface area (Å²) in [5.74, 6) is 0.834. The molecule has 0 saturated heterocycles. The molecule has 7 nitrogen and oxygen atoms in total. The average Bonchev–Trinajstić information content (AvgIpc) is 3.35. The van der Waals surface area contributed by atoms with Crippen LogP contribution in [0.25, 0.3) is 0 Å². The number of non-ortho nitro benzene ring substituents is 1. The van der Waals surface area contributed by atoms with Gasteiger partial charge in [-0.1, -0.05) is 0 Å². The normalized spacial score (nSPS) is 16.5. The van der Waals surface area contributed by atoms with Crippen LogP contribution in [0.4, 0.5) is 5.69 Å². The highest BCUT2D eigenvalue weighted by Gasteiger charge is 2.25. The van der Waals surface area contributed by atoms with Gasteiger partial charge < -0.3 is 14.8 Å². The second kappa shape index (κ2) is 7.41. The van der Waals surface area contributed by atoms with Crippen molar-refractivity contribution in [3.05, 3.63) is 33.9 Å². The largest absolute Gasteiger partial charge is 0.496 e. The van der Waals surface area contributed by atoms with E-state index in [4.69, 9.17) is 9.47 Å². The zero-order chi connectivity index (χ0) is 17.0. The van der Waals surface area contributed by atoms with Crippen LogP contribution in [0, 0.1) is 16.0 Å². The summed E-state index contributed by atoms with van der Waals surface area (Å²) in [7, 11) is 1.49. The number of nitrogens with zero attached hydrogens (tertiary/aromatic N) is 1. The summed E-state index contributed by atoms with van der Waals surface area (Å²) in [5.41, 5.74) is 0.518. The fraction of sp³-hybridized carbons (Fsp3) is 0.562. The molecular formula is C16H22N2O5. The predicted molar refractivity (Wildman–Crippen MR) is 84.3 cm³/mol. The Morgan fingerprint density at radius 3 is 2.70 bits per heavy atom. The second-order valence-corrected chi connectivity index (χ2v) is 5.83. The first-order valence-electron chi connectivity index (χ1n) is 7.66. The molecule has 0 aromatic heterocycles. The number of hydrogen-bond acceptors (Lipinski definition) is 5. The third kappa shape index (κ3) is 4.66. The van der Waals surface area contributed by atoms with Crippen molar-refractivity contribution >= 4 is 11.6 Å². The Morgan fingerprint density at radius 2 is 2.13 bits per heavy atom. The van der Waals surface area contributed by atoms with Crippen molar-refractivity contribution in [1.29, 1.82) is 0 Å². The van der Waals surface area contributed by atoms with Crippen LogP contribution in [0.15, 0.2) is 18.2 Å². The van der Waals surface area contributed by atoms with Gasteiger partial charge in [0.1, 0.15) is 11.9 Å². The summed E-state index contributed by atoms with van der Waals surface area (Å²) in [5, 5.41) is 13.7. The molecule has 1 saturated carbocycles. The van der Waals surface area contributed by atoms with Crippen LogP contribution in [0.1, 0.15) is 38.3 Å². The van der Waals surface area contributed by atoms with E-state index >= 15 is 0 Å². The molecule has 1 aliphatic carbocycles. The van der Waals surface area contributed by atoms with E-state index < -0.39 is 17.1 Å². The van der Waals surface area contributed by atoms with E-state index in [0.29, 0.717) is 23.8 Å². The molecule has 0 unspecified atom stereocenters. The maximum Gasteiger partial charge on any atom is 0.270 e. The minimum absolute atomic E-state index is 0.0417. The summed E-state index contributed by atoms with van der Waals surface area (Å²) in [6, 6.07) is 3.89. The van der Waals surface area contributed by atoms with Crippen LogP contribution >= 0.6 is 0 Å². The zero-order valence-corrected chi connectivity index (χ0v) is 13.6. The van der Waals surface area contributed by atoms with E-state index in [2.05, 4.69) is 5.32 Å². The van der Waals surface area contributed by atoms with Crippen LogP contribution in [0.5, 0.6) is 5.75 Å². The fourth-order valence-corrected chi connectivity index (χ4v) is 2.22. The lowest BCUT2D eigenvalue weighted by Crippen LogP contribution is -2.36. The van der Waals surface area contributed by atoms with Gasteiger partial charge in [0, 0.05) is 17.7 Å². The van der Waals surface area contributed by atoms with Crippen LogP contribution in [-0.2, 0) is 9.53 Å². The number of benzene rings is 1. The molecule has 0 bridgehead atoms. The Hall–Kier alpha value is -2.15. The minimum atomic E-state index is -0.553. The molecule has 1 fully saturated rings. The standard InChI is InChI=1S/C16H22N2O5/c1-10(17-16(19)11(2)23-9-12-4-5-12)14-8-13(18(20)21)6-7-15(14)22-3/h6-8,10-12H,4-5,9H2,1-3H3,(H,17,19)/t10-,11-/m0/s1. The number of ether oxygens (including phenoxy) is 2. The van der Waals surface area contributed by atoms with Gasteiger partial charge in [-0.15, -0.1) is 0 Å². The average molecular weight is 322 g/mol. The Morgan fingerprint density at radius 1 is 1.43 bits per heavy atom. The van der Waals surface area contributed by atoms with Gasteiger partial charge >= 0.3 is 0 Å². The first kappa shape index (κ1) is 17.2. The van der Waals surface area contributed by atoms with Gasteiger partial charge in [0.2, 0.25) is 5.91 Å². The summed E-state index contributed by atoms with van der Waals surface area (Å²) in [6.45, 7) is 4.06. The summed E-state index contributed by atoms with van der Waals surface area (Å²) < 4.78 is 10.8. The number of nitro groups is 1. The number of rotatable bonds is 8. The monoisotopic (exact) mass is 322 g/mol. The summed E-state index contributed by atoms with van der Waals surface area (Å²) in [4.78, 5) is 22.6. The molecule has 23 heavy (non-hydrogen) atoms. The summed E-state index contributed by atoms with van der Waals surface area (Å²) in [6.07, 6.45) is 1.77. The Kier molecular flexibility index (Phi) is 5.54. The number of hydrogen-bond donors (Lipinski definition) is 1. The van der Waals surface area contributed by atoms with Gasteiger partial charge in [0.05, 0.1) is 24.7 Å². The number of carbonyl (C=O) groups excluding carboxylic acids is 1. The lowest BCUT2D eigenvalue weighted by Gasteiger charge is -2.20. The number of nitrogens with one attached hydrogen (secondary N) is 1. The third-order valence-corrected chi connectivity index (χ3v) is 3.90. The first-order chi connectivity index (χ1) is 10.9. The van der Waals surface area contributed by atoms with E-state index in [1.165, 1.54) is 25.3 Å². The van der Waals surface area contributed by atoms with Crippen molar-refractivity contribution in [3.63, 3.8) is 0 Å². The van der Waals surface area contributed by atoms with E-state index in [1.54, 1.807) is 13.8 Å². The first-order valence-corrected chi connectivity index (χ1v) is 7.66. The van der Waals surface area contributed by atoms with Gasteiger partial charge in [-0.3, -0.25) is 14.9 Å². The van der Waals surface area contributed by atoms with Gasteiger partial charge in [0.25, 0.3) is 5.69 Å². The topological polar surface area (TPSA) is 90.7 Å². The quantitative estimate of drug-likeness (QED) is 0.587. The number of methoxy groups -OCH3 is 1. The Balaban J connectivity index is 2.02. The van der Waals surface area contributed by atoms with Gasteiger partial charge in [-0.2, -0.15) is 0 Å². The minimum Gasteiger partial charge on any atom is -0.496 e. The molecule has 0 aliphatic heterocycles. The molecule has 0 heterocycles. The van der Waals surface area contributed by atoms with Crippen molar-refractivity contribution in [2.75, 3.05) is 13.7 Å². The van der Waals surface area contributed by atoms with Gasteiger partial charge in [-0.25, -0.2) is 0 Å². The molecule has 0 radical (unpaired) electrons. The molecule has 1 amide bonds. The predicted octanol–water partition coefficient (Wildman–Crippen LogP) is 2.60. The van der Waals surface area contributed by atoms with Crippen molar-refractivity contribution in [3.8, 4) is 5.75 Å². The molecule has 126 valence electrons. The highest BCUT2D eigenvalue weighted by molar-refractivity contribution is 5.80. The highest BCUT2D eigenvalue weighted by Crippen LogP contribution is 2.30. The number of nitro benzene ring substituents is 1. The molecule has 2 rings (SSSR count). The third-order valence-electron chi connectivity index (χ3n) is 3.90. The highest BCUT2D eigenvalue weighted by atomic mass is 16.6.